The smallest absolute Gasteiger partial charge is 0.338 e. The third kappa shape index (κ3) is 3.90. The fourth-order valence-electron chi connectivity index (χ4n) is 4.12. The molecule has 3 heterocycles. The summed E-state index contributed by atoms with van der Waals surface area (Å²) in [7, 11) is 0. The maximum Gasteiger partial charge on any atom is 0.338 e. The lowest BCUT2D eigenvalue weighted by Gasteiger charge is -2.24. The van der Waals surface area contributed by atoms with Gasteiger partial charge in [-0.1, -0.05) is 23.5 Å². The molecule has 2 aromatic carbocycles. The van der Waals surface area contributed by atoms with Gasteiger partial charge in [-0.25, -0.2) is 9.79 Å². The van der Waals surface area contributed by atoms with Crippen molar-refractivity contribution >= 4 is 29.1 Å². The van der Waals surface area contributed by atoms with Crippen LogP contribution in [0.2, 0.25) is 0 Å². The van der Waals surface area contributed by atoms with E-state index < -0.39 is 33.9 Å². The molecule has 12 heteroatoms. The average molecular weight is 509 g/mol. The third-order valence-corrected chi connectivity index (χ3v) is 6.71. The number of rotatable bonds is 5. The number of hydrogen-bond donors (Lipinski definition) is 1. The first kappa shape index (κ1) is 23.3. The van der Waals surface area contributed by atoms with Gasteiger partial charge in [-0.15, -0.1) is 0 Å². The van der Waals surface area contributed by atoms with Gasteiger partial charge >= 0.3 is 11.7 Å². The number of phenols is 1. The Bertz CT molecular complexity index is 1640. The van der Waals surface area contributed by atoms with Crippen LogP contribution in [-0.4, -0.2) is 34.0 Å². The van der Waals surface area contributed by atoms with E-state index >= 15 is 0 Å². The van der Waals surface area contributed by atoms with Crippen LogP contribution in [-0.2, 0) is 9.53 Å². The van der Waals surface area contributed by atoms with Gasteiger partial charge < -0.3 is 19.3 Å². The molecule has 0 bridgehead atoms. The Morgan fingerprint density at radius 2 is 2.08 bits per heavy atom. The largest absolute Gasteiger partial charge is 0.502 e. The molecule has 2 aliphatic heterocycles. The van der Waals surface area contributed by atoms with Crippen molar-refractivity contribution in [3.8, 4) is 17.2 Å². The van der Waals surface area contributed by atoms with E-state index in [1.807, 2.05) is 0 Å². The highest BCUT2D eigenvalue weighted by Crippen LogP contribution is 2.38. The van der Waals surface area contributed by atoms with E-state index in [1.165, 1.54) is 28.8 Å². The van der Waals surface area contributed by atoms with Crippen molar-refractivity contribution in [1.29, 1.82) is 0 Å². The van der Waals surface area contributed by atoms with Crippen molar-refractivity contribution in [3.63, 3.8) is 0 Å². The molecule has 1 atom stereocenters. The summed E-state index contributed by atoms with van der Waals surface area (Å²) in [6, 6.07) is 8.16. The van der Waals surface area contributed by atoms with Crippen molar-refractivity contribution in [1.82, 2.24) is 4.57 Å². The summed E-state index contributed by atoms with van der Waals surface area (Å²) in [4.78, 5) is 42.0. The van der Waals surface area contributed by atoms with E-state index in [-0.39, 0.29) is 23.5 Å². The number of fused-ring (bicyclic) bond motifs is 2. The van der Waals surface area contributed by atoms with Crippen molar-refractivity contribution < 1.29 is 29.0 Å². The van der Waals surface area contributed by atoms with Gasteiger partial charge in [0, 0.05) is 6.07 Å². The van der Waals surface area contributed by atoms with Gasteiger partial charge in [0.15, 0.2) is 22.0 Å². The second-order valence-corrected chi connectivity index (χ2v) is 8.93. The number of benzene rings is 2. The van der Waals surface area contributed by atoms with Crippen molar-refractivity contribution in [2.75, 3.05) is 13.4 Å². The van der Waals surface area contributed by atoms with Crippen LogP contribution in [0.15, 0.2) is 57.5 Å². The summed E-state index contributed by atoms with van der Waals surface area (Å²) in [5.74, 6) is -0.0247. The van der Waals surface area contributed by atoms with E-state index in [4.69, 9.17) is 14.2 Å². The van der Waals surface area contributed by atoms with Gasteiger partial charge in [-0.3, -0.25) is 19.5 Å². The minimum atomic E-state index is -0.842. The summed E-state index contributed by atoms with van der Waals surface area (Å²) in [5, 5.41) is 20.9. The molecule has 0 radical (unpaired) electrons. The number of phenolic OH excluding ortho intramolecular Hbond substituents is 1. The molecule has 0 amide bonds. The van der Waals surface area contributed by atoms with Crippen LogP contribution in [0.5, 0.6) is 17.2 Å². The second-order valence-electron chi connectivity index (χ2n) is 7.92. The minimum Gasteiger partial charge on any atom is -0.502 e. The Hall–Kier alpha value is -4.45. The van der Waals surface area contributed by atoms with Gasteiger partial charge in [-0.05, 0) is 49.2 Å². The van der Waals surface area contributed by atoms with Crippen LogP contribution in [0.1, 0.15) is 31.0 Å². The van der Waals surface area contributed by atoms with Gasteiger partial charge in [0.25, 0.3) is 5.56 Å². The molecule has 1 N–H and O–H groups in total. The third-order valence-electron chi connectivity index (χ3n) is 5.72. The number of carbonyl (C=O) groups is 1. The molecule has 0 unspecified atom stereocenters. The quantitative estimate of drug-likeness (QED) is 0.313. The van der Waals surface area contributed by atoms with Crippen molar-refractivity contribution in [2.45, 2.75) is 19.9 Å². The number of ether oxygens (including phenoxy) is 3. The number of nitro benzene ring substituents is 1. The molecule has 1 aromatic heterocycles. The fraction of sp³-hybridized carbons (Fsp3) is 0.208. The maximum atomic E-state index is 13.6. The van der Waals surface area contributed by atoms with E-state index in [1.54, 1.807) is 32.0 Å². The second kappa shape index (κ2) is 8.96. The number of aromatic nitrogens is 1. The Morgan fingerprint density at radius 1 is 1.31 bits per heavy atom. The predicted octanol–water partition coefficient (Wildman–Crippen LogP) is 2.14. The maximum absolute atomic E-state index is 13.6. The van der Waals surface area contributed by atoms with E-state index in [0.29, 0.717) is 33.1 Å². The minimum absolute atomic E-state index is 0.0694. The monoisotopic (exact) mass is 509 g/mol. The van der Waals surface area contributed by atoms with Crippen LogP contribution in [0.3, 0.4) is 0 Å². The van der Waals surface area contributed by atoms with Gasteiger partial charge in [0.1, 0.15) is 0 Å². The molecule has 2 aliphatic rings. The summed E-state index contributed by atoms with van der Waals surface area (Å²) >= 11 is 1.08. The number of esters is 1. The first-order valence-corrected chi connectivity index (χ1v) is 11.7. The zero-order chi connectivity index (χ0) is 25.6. The predicted molar refractivity (Wildman–Crippen MR) is 128 cm³/mol. The number of allylic oxidation sites excluding steroid dienone is 1. The zero-order valence-electron chi connectivity index (χ0n) is 19.1. The number of hydrogen-bond acceptors (Lipinski definition) is 10. The van der Waals surface area contributed by atoms with Crippen LogP contribution in [0.4, 0.5) is 5.69 Å². The van der Waals surface area contributed by atoms with E-state index in [9.17, 15) is 24.8 Å². The van der Waals surface area contributed by atoms with Crippen molar-refractivity contribution in [3.05, 3.63) is 88.6 Å². The molecule has 11 nitrogen and oxygen atoms in total. The Kier molecular flexibility index (Phi) is 5.80. The lowest BCUT2D eigenvalue weighted by Crippen LogP contribution is -2.39. The van der Waals surface area contributed by atoms with Gasteiger partial charge in [0.2, 0.25) is 6.79 Å². The molecule has 0 saturated heterocycles. The molecule has 0 aliphatic carbocycles. The number of nitrogens with zero attached hydrogens (tertiary/aromatic N) is 3. The summed E-state index contributed by atoms with van der Waals surface area (Å²) in [5.41, 5.74) is 0.663. The molecule has 0 spiro atoms. The SMILES string of the molecule is CCOC(=O)C1=C(C)N=c2s/c(=C\c3ccc(O)c([N+](=O)[O-])c3)c(=O)n2[C@@H]1c1ccc2c(c1)OCO2. The average Bonchev–Trinajstić information content (AvgIpc) is 3.43. The highest BCUT2D eigenvalue weighted by atomic mass is 32.1. The first-order chi connectivity index (χ1) is 17.3. The van der Waals surface area contributed by atoms with E-state index in [2.05, 4.69) is 4.99 Å². The lowest BCUT2D eigenvalue weighted by molar-refractivity contribution is -0.385. The van der Waals surface area contributed by atoms with Crippen molar-refractivity contribution in [2.24, 2.45) is 4.99 Å². The summed E-state index contributed by atoms with van der Waals surface area (Å²) in [6.45, 7) is 3.58. The topological polar surface area (TPSA) is 142 Å². The Morgan fingerprint density at radius 3 is 2.83 bits per heavy atom. The van der Waals surface area contributed by atoms with Crippen LogP contribution >= 0.6 is 11.3 Å². The number of thiazole rings is 1. The standard InChI is InChI=1S/C24H19N3O8S/c1-3-33-23(30)20-12(2)25-24-26(21(20)14-5-7-17-18(10-14)35-11-34-17)22(29)19(36-24)9-13-4-6-16(28)15(8-13)27(31)32/h4-10,21,28H,3,11H2,1-2H3/b19-9-/t21-/m1/s1. The lowest BCUT2D eigenvalue weighted by atomic mass is 9.95. The van der Waals surface area contributed by atoms with Gasteiger partial charge in [-0.2, -0.15) is 0 Å². The molecule has 0 fully saturated rings. The highest BCUT2D eigenvalue weighted by Gasteiger charge is 2.34. The zero-order valence-corrected chi connectivity index (χ0v) is 19.9. The number of nitro groups is 1. The number of aromatic hydroxyl groups is 1. The summed E-state index contributed by atoms with van der Waals surface area (Å²) < 4.78 is 17.8. The summed E-state index contributed by atoms with van der Waals surface area (Å²) in [6.07, 6.45) is 1.48. The highest BCUT2D eigenvalue weighted by molar-refractivity contribution is 7.07. The molecule has 36 heavy (non-hydrogen) atoms. The van der Waals surface area contributed by atoms with Crippen LogP contribution < -0.4 is 24.4 Å². The Balaban J connectivity index is 1.71. The molecule has 5 rings (SSSR count). The first-order valence-electron chi connectivity index (χ1n) is 10.8. The Labute approximate surface area is 207 Å². The van der Waals surface area contributed by atoms with Crippen LogP contribution in [0.25, 0.3) is 6.08 Å². The van der Waals surface area contributed by atoms with E-state index in [0.717, 1.165) is 11.3 Å². The van der Waals surface area contributed by atoms with Gasteiger partial charge in [0.05, 0.1) is 33.4 Å². The molecular formula is C24H19N3O8S. The molecular weight excluding hydrogens is 490 g/mol. The molecule has 3 aromatic rings. The number of carbonyl (C=O) groups excluding carboxylic acids is 1. The normalized spacial score (nSPS) is 16.5. The molecule has 184 valence electrons. The fourth-order valence-corrected chi connectivity index (χ4v) is 5.16. The van der Waals surface area contributed by atoms with Crippen LogP contribution in [0, 0.1) is 10.1 Å². The molecule has 0 saturated carbocycles.